The van der Waals surface area contributed by atoms with Crippen LogP contribution in [0.4, 0.5) is 0 Å². The summed E-state index contributed by atoms with van der Waals surface area (Å²) in [6, 6.07) is 9.87. The van der Waals surface area contributed by atoms with Crippen LogP contribution in [-0.2, 0) is 12.8 Å². The summed E-state index contributed by atoms with van der Waals surface area (Å²) >= 11 is 2.96. The summed E-state index contributed by atoms with van der Waals surface area (Å²) in [6.45, 7) is 2.04. The highest BCUT2D eigenvalue weighted by Crippen LogP contribution is 2.25. The van der Waals surface area contributed by atoms with Crippen LogP contribution in [0.2, 0.25) is 0 Å². The number of oxazole rings is 1. The van der Waals surface area contributed by atoms with E-state index in [-0.39, 0.29) is 5.56 Å². The van der Waals surface area contributed by atoms with E-state index in [0.717, 1.165) is 16.1 Å². The highest BCUT2D eigenvalue weighted by atomic mass is 32.2. The monoisotopic (exact) mass is 369 g/mol. The second-order valence-corrected chi connectivity index (χ2v) is 7.53. The van der Waals surface area contributed by atoms with Crippen molar-refractivity contribution in [1.82, 2.24) is 14.5 Å². The number of hydrogen-bond donors (Lipinski definition) is 0. The normalized spacial score (nSPS) is 11.3. The zero-order valence-electron chi connectivity index (χ0n) is 13.7. The van der Waals surface area contributed by atoms with E-state index >= 15 is 0 Å². The lowest BCUT2D eigenvalue weighted by Crippen LogP contribution is -2.19. The van der Waals surface area contributed by atoms with Gasteiger partial charge in [-0.1, -0.05) is 29.5 Å². The molecular formula is C18H15N3O2S2. The SMILES string of the molecule is Cc1ccc(-c2nc(CSc3nc4sccc4c(=O)n3C)co2)cc1. The molecule has 0 N–H and O–H groups in total. The van der Waals surface area contributed by atoms with Gasteiger partial charge in [0, 0.05) is 18.4 Å². The maximum atomic E-state index is 12.3. The van der Waals surface area contributed by atoms with Gasteiger partial charge in [0.15, 0.2) is 5.16 Å². The zero-order chi connectivity index (χ0) is 17.4. The summed E-state index contributed by atoms with van der Waals surface area (Å²) in [5.41, 5.74) is 2.95. The Morgan fingerprint density at radius 3 is 2.80 bits per heavy atom. The van der Waals surface area contributed by atoms with Gasteiger partial charge >= 0.3 is 0 Å². The summed E-state index contributed by atoms with van der Waals surface area (Å²) in [5, 5.41) is 3.23. The van der Waals surface area contributed by atoms with Crippen LogP contribution in [0.1, 0.15) is 11.3 Å². The molecule has 7 heteroatoms. The lowest BCUT2D eigenvalue weighted by atomic mass is 10.1. The summed E-state index contributed by atoms with van der Waals surface area (Å²) < 4.78 is 7.16. The highest BCUT2D eigenvalue weighted by Gasteiger charge is 2.12. The van der Waals surface area contributed by atoms with Crippen molar-refractivity contribution in [2.75, 3.05) is 0 Å². The molecule has 4 aromatic rings. The third-order valence-electron chi connectivity index (χ3n) is 3.86. The highest BCUT2D eigenvalue weighted by molar-refractivity contribution is 7.98. The van der Waals surface area contributed by atoms with E-state index in [9.17, 15) is 4.79 Å². The summed E-state index contributed by atoms with van der Waals surface area (Å²) in [6.07, 6.45) is 1.66. The topological polar surface area (TPSA) is 60.9 Å². The Labute approximate surface area is 152 Å². The van der Waals surface area contributed by atoms with Crippen molar-refractivity contribution in [3.63, 3.8) is 0 Å². The molecule has 0 atom stereocenters. The molecule has 0 bridgehead atoms. The molecule has 0 aliphatic heterocycles. The molecule has 1 aromatic carbocycles. The third-order valence-corrected chi connectivity index (χ3v) is 5.73. The van der Waals surface area contributed by atoms with E-state index in [0.29, 0.717) is 22.2 Å². The number of aryl methyl sites for hydroxylation is 1. The Morgan fingerprint density at radius 1 is 1.20 bits per heavy atom. The van der Waals surface area contributed by atoms with Crippen LogP contribution < -0.4 is 5.56 Å². The Hall–Kier alpha value is -2.38. The molecule has 0 spiro atoms. The Balaban J connectivity index is 1.55. The number of thiophene rings is 1. The smallest absolute Gasteiger partial charge is 0.262 e. The van der Waals surface area contributed by atoms with Crippen molar-refractivity contribution in [3.8, 4) is 11.5 Å². The lowest BCUT2D eigenvalue weighted by molar-refractivity contribution is 0.573. The van der Waals surface area contributed by atoms with Gasteiger partial charge in [-0.3, -0.25) is 9.36 Å². The predicted octanol–water partition coefficient (Wildman–Crippen LogP) is 4.25. The minimum Gasteiger partial charge on any atom is -0.444 e. The van der Waals surface area contributed by atoms with E-state index < -0.39 is 0 Å². The Kier molecular flexibility index (Phi) is 4.19. The van der Waals surface area contributed by atoms with Crippen molar-refractivity contribution in [2.45, 2.75) is 17.8 Å². The summed E-state index contributed by atoms with van der Waals surface area (Å²) in [5.74, 6) is 1.19. The second-order valence-electron chi connectivity index (χ2n) is 5.70. The molecule has 25 heavy (non-hydrogen) atoms. The maximum Gasteiger partial charge on any atom is 0.262 e. The molecule has 126 valence electrons. The Morgan fingerprint density at radius 2 is 2.00 bits per heavy atom. The van der Waals surface area contributed by atoms with Crippen LogP contribution in [-0.4, -0.2) is 14.5 Å². The average Bonchev–Trinajstić information content (AvgIpc) is 3.27. The number of thioether (sulfide) groups is 1. The molecule has 0 saturated carbocycles. The fourth-order valence-electron chi connectivity index (χ4n) is 2.45. The van der Waals surface area contributed by atoms with Gasteiger partial charge in [0.05, 0.1) is 11.1 Å². The van der Waals surface area contributed by atoms with Gasteiger partial charge in [-0.2, -0.15) is 0 Å². The van der Waals surface area contributed by atoms with Crippen LogP contribution in [0.5, 0.6) is 0 Å². The zero-order valence-corrected chi connectivity index (χ0v) is 15.4. The van der Waals surface area contributed by atoms with Gasteiger partial charge in [-0.05, 0) is 30.5 Å². The molecule has 3 aromatic heterocycles. The molecule has 0 aliphatic carbocycles. The first-order valence-electron chi connectivity index (χ1n) is 7.70. The number of rotatable bonds is 4. The molecular weight excluding hydrogens is 354 g/mol. The molecule has 3 heterocycles. The van der Waals surface area contributed by atoms with E-state index in [4.69, 9.17) is 4.42 Å². The van der Waals surface area contributed by atoms with Crippen molar-refractivity contribution in [2.24, 2.45) is 7.05 Å². The molecule has 0 fully saturated rings. The first-order chi connectivity index (χ1) is 12.1. The third kappa shape index (κ3) is 3.12. The fourth-order valence-corrected chi connectivity index (χ4v) is 4.10. The second kappa shape index (κ2) is 6.50. The van der Waals surface area contributed by atoms with Crippen molar-refractivity contribution >= 4 is 33.3 Å². The number of aromatic nitrogens is 3. The number of nitrogens with zero attached hydrogens (tertiary/aromatic N) is 3. The number of hydrogen-bond acceptors (Lipinski definition) is 6. The molecule has 0 radical (unpaired) electrons. The quantitative estimate of drug-likeness (QED) is 0.397. The van der Waals surface area contributed by atoms with E-state index in [2.05, 4.69) is 9.97 Å². The van der Waals surface area contributed by atoms with E-state index in [1.54, 1.807) is 17.9 Å². The fraction of sp³-hybridized carbons (Fsp3) is 0.167. The van der Waals surface area contributed by atoms with Crippen molar-refractivity contribution < 1.29 is 4.42 Å². The predicted molar refractivity (Wildman–Crippen MR) is 101 cm³/mol. The van der Waals surface area contributed by atoms with Crippen LogP contribution in [0.3, 0.4) is 0 Å². The molecule has 4 rings (SSSR count). The van der Waals surface area contributed by atoms with Gasteiger partial charge in [-0.25, -0.2) is 9.97 Å². The summed E-state index contributed by atoms with van der Waals surface area (Å²) in [7, 11) is 1.75. The van der Waals surface area contributed by atoms with Crippen LogP contribution >= 0.6 is 23.1 Å². The minimum absolute atomic E-state index is 0.0192. The first kappa shape index (κ1) is 16.1. The molecule has 0 aliphatic rings. The van der Waals surface area contributed by atoms with Gasteiger partial charge in [-0.15, -0.1) is 11.3 Å². The molecule has 0 saturated heterocycles. The van der Waals surface area contributed by atoms with Crippen LogP contribution in [0.25, 0.3) is 21.7 Å². The first-order valence-corrected chi connectivity index (χ1v) is 9.57. The van der Waals surface area contributed by atoms with E-state index in [1.165, 1.54) is 28.7 Å². The van der Waals surface area contributed by atoms with Gasteiger partial charge in [0.2, 0.25) is 5.89 Å². The van der Waals surface area contributed by atoms with Crippen molar-refractivity contribution in [3.05, 3.63) is 63.6 Å². The van der Waals surface area contributed by atoms with Gasteiger partial charge in [0.1, 0.15) is 11.1 Å². The molecule has 0 amide bonds. The van der Waals surface area contributed by atoms with Crippen molar-refractivity contribution in [1.29, 1.82) is 0 Å². The molecule has 5 nitrogen and oxygen atoms in total. The number of benzene rings is 1. The largest absolute Gasteiger partial charge is 0.444 e. The summed E-state index contributed by atoms with van der Waals surface area (Å²) in [4.78, 5) is 22.2. The minimum atomic E-state index is -0.0192. The standard InChI is InChI=1S/C18H15N3O2S2/c1-11-3-5-12(6-4-11)15-19-13(9-23-15)10-25-18-20-16-14(7-8-24-16)17(22)21(18)2/h3-9H,10H2,1-2H3. The Bertz CT molecular complexity index is 1090. The van der Waals surface area contributed by atoms with E-state index in [1.807, 2.05) is 42.6 Å². The molecule has 0 unspecified atom stereocenters. The average molecular weight is 369 g/mol. The number of fused-ring (bicyclic) bond motifs is 1. The lowest BCUT2D eigenvalue weighted by Gasteiger charge is -2.05. The van der Waals surface area contributed by atoms with Crippen LogP contribution in [0, 0.1) is 6.92 Å². The van der Waals surface area contributed by atoms with Gasteiger partial charge in [0.25, 0.3) is 5.56 Å². The van der Waals surface area contributed by atoms with Gasteiger partial charge < -0.3 is 4.42 Å². The maximum absolute atomic E-state index is 12.3. The van der Waals surface area contributed by atoms with Crippen LogP contribution in [0.15, 0.2) is 56.3 Å².